The summed E-state index contributed by atoms with van der Waals surface area (Å²) in [6, 6.07) is 64.1. The van der Waals surface area contributed by atoms with Crippen LogP contribution < -0.4 is 4.90 Å². The Morgan fingerprint density at radius 1 is 0.433 bits per heavy atom. The second kappa shape index (κ2) is 13.1. The van der Waals surface area contributed by atoms with E-state index in [9.17, 15) is 0 Å². The van der Waals surface area contributed by atoms with Gasteiger partial charge in [0.05, 0.1) is 5.69 Å². The Morgan fingerprint density at radius 2 is 1.03 bits per heavy atom. The first-order valence-electron chi connectivity index (χ1n) is 21.3. The maximum absolute atomic E-state index is 2.48. The second-order valence-electron chi connectivity index (χ2n) is 19.0. The van der Waals surface area contributed by atoms with Crippen LogP contribution in [-0.4, -0.2) is 0 Å². The van der Waals surface area contributed by atoms with E-state index in [1.54, 1.807) is 0 Å². The summed E-state index contributed by atoms with van der Waals surface area (Å²) in [7, 11) is 0. The topological polar surface area (TPSA) is 3.24 Å². The molecule has 0 aliphatic heterocycles. The van der Waals surface area contributed by atoms with Gasteiger partial charge in [0.15, 0.2) is 0 Å². The van der Waals surface area contributed by atoms with Gasteiger partial charge in [-0.1, -0.05) is 176 Å². The predicted octanol–water partition coefficient (Wildman–Crippen LogP) is 16.8. The smallest absolute Gasteiger partial charge is 0.0508 e. The molecule has 292 valence electrons. The molecule has 0 radical (unpaired) electrons. The molecule has 0 spiro atoms. The molecule has 0 saturated heterocycles. The van der Waals surface area contributed by atoms with Crippen molar-refractivity contribution in [3.05, 3.63) is 198 Å². The average molecular weight is 792 g/mol. The van der Waals surface area contributed by atoms with Gasteiger partial charge in [-0.15, -0.1) is 11.3 Å². The van der Waals surface area contributed by atoms with E-state index in [1.165, 1.54) is 98.2 Å². The minimum atomic E-state index is -0.167. The molecule has 11 rings (SSSR count). The minimum Gasteiger partial charge on any atom is -0.310 e. The molecule has 0 unspecified atom stereocenters. The Hall–Kier alpha value is -6.22. The van der Waals surface area contributed by atoms with Gasteiger partial charge in [-0.3, -0.25) is 0 Å². The number of thiophene rings is 1. The zero-order chi connectivity index (χ0) is 41.1. The lowest BCUT2D eigenvalue weighted by molar-refractivity contribution is 0.584. The SMILES string of the molecule is CC(C)(C)c1ccc2c(c1)C(C)(C)c1ccc(-c3ccc(N(c4ccc(-c5cccc6c5sc5ccccc56)cc4)c4cccc5c4C(C)(C)c4ccccc4-5)cc3)cc1-2. The molecule has 0 fully saturated rings. The third-order valence-electron chi connectivity index (χ3n) is 13.6. The standard InChI is InChI=1S/C58H49NS/c1-56(2,3)39-27-32-44-48-34-38(26-33-50(48)57(4,5)51(44)35-39)36-22-28-40(29-23-36)59(52-20-13-17-46-43-14-8-10-19-49(43)58(6,7)54(46)52)41-30-24-37(25-31-41)42-16-12-18-47-45-15-9-11-21-53(45)60-55(42)47/h8-35H,1-7H3. The Bertz CT molecular complexity index is 3170. The summed E-state index contributed by atoms with van der Waals surface area (Å²) in [6.45, 7) is 16.4. The maximum Gasteiger partial charge on any atom is 0.0508 e. The predicted molar refractivity (Wildman–Crippen MR) is 259 cm³/mol. The van der Waals surface area contributed by atoms with Gasteiger partial charge in [-0.2, -0.15) is 0 Å². The largest absolute Gasteiger partial charge is 0.310 e. The van der Waals surface area contributed by atoms with Gasteiger partial charge in [-0.25, -0.2) is 0 Å². The molecular weight excluding hydrogens is 743 g/mol. The van der Waals surface area contributed by atoms with Crippen LogP contribution in [0.25, 0.3) is 64.7 Å². The zero-order valence-electron chi connectivity index (χ0n) is 35.5. The van der Waals surface area contributed by atoms with Crippen molar-refractivity contribution in [3.63, 3.8) is 0 Å². The van der Waals surface area contributed by atoms with Gasteiger partial charge >= 0.3 is 0 Å². The van der Waals surface area contributed by atoms with E-state index in [0.29, 0.717) is 0 Å². The van der Waals surface area contributed by atoms with E-state index in [0.717, 1.165) is 11.4 Å². The molecular formula is C58H49NS. The van der Waals surface area contributed by atoms with Crippen LogP contribution >= 0.6 is 11.3 Å². The first-order chi connectivity index (χ1) is 28.9. The highest BCUT2D eigenvalue weighted by Gasteiger charge is 2.39. The molecule has 0 N–H and O–H groups in total. The van der Waals surface area contributed by atoms with Crippen molar-refractivity contribution in [3.8, 4) is 44.5 Å². The van der Waals surface area contributed by atoms with Crippen molar-refractivity contribution < 1.29 is 0 Å². The summed E-state index contributed by atoms with van der Waals surface area (Å²) in [4.78, 5) is 2.48. The van der Waals surface area contributed by atoms with Crippen molar-refractivity contribution in [1.29, 1.82) is 0 Å². The number of benzene rings is 8. The fourth-order valence-corrected chi connectivity index (χ4v) is 11.6. The quantitative estimate of drug-likeness (QED) is 0.168. The fraction of sp³-hybridized carbons (Fsp3) is 0.172. The van der Waals surface area contributed by atoms with Gasteiger partial charge in [0.1, 0.15) is 0 Å². The van der Waals surface area contributed by atoms with E-state index in [4.69, 9.17) is 0 Å². The first-order valence-corrected chi connectivity index (χ1v) is 22.2. The molecule has 60 heavy (non-hydrogen) atoms. The van der Waals surface area contributed by atoms with Crippen molar-refractivity contribution in [2.24, 2.45) is 0 Å². The van der Waals surface area contributed by atoms with Crippen LogP contribution in [0, 0.1) is 0 Å². The molecule has 8 aromatic carbocycles. The van der Waals surface area contributed by atoms with Crippen molar-refractivity contribution in [2.45, 2.75) is 64.7 Å². The highest BCUT2D eigenvalue weighted by atomic mass is 32.1. The fourth-order valence-electron chi connectivity index (χ4n) is 10.4. The number of fused-ring (bicyclic) bond motifs is 9. The van der Waals surface area contributed by atoms with E-state index in [1.807, 2.05) is 11.3 Å². The average Bonchev–Trinajstić information content (AvgIpc) is 3.84. The lowest BCUT2D eigenvalue weighted by Crippen LogP contribution is -2.20. The first kappa shape index (κ1) is 36.8. The Kier molecular flexibility index (Phi) is 8.07. The Balaban J connectivity index is 1.02. The Morgan fingerprint density at radius 3 is 1.80 bits per heavy atom. The number of rotatable bonds is 5. The third kappa shape index (κ3) is 5.50. The Labute approximate surface area is 358 Å². The molecule has 0 atom stereocenters. The van der Waals surface area contributed by atoms with Crippen LogP contribution in [0.2, 0.25) is 0 Å². The molecule has 0 amide bonds. The van der Waals surface area contributed by atoms with Gasteiger partial charge in [0, 0.05) is 42.4 Å². The second-order valence-corrected chi connectivity index (χ2v) is 20.0. The molecule has 0 saturated carbocycles. The highest BCUT2D eigenvalue weighted by molar-refractivity contribution is 7.26. The summed E-state index contributed by atoms with van der Waals surface area (Å²) in [5, 5.41) is 2.65. The lowest BCUT2D eigenvalue weighted by atomic mass is 9.79. The molecule has 2 heteroatoms. The van der Waals surface area contributed by atoms with Gasteiger partial charge in [0.25, 0.3) is 0 Å². The van der Waals surface area contributed by atoms with Crippen LogP contribution in [0.15, 0.2) is 170 Å². The summed E-state index contributed by atoms with van der Waals surface area (Å²) >= 11 is 1.89. The number of nitrogens with zero attached hydrogens (tertiary/aromatic N) is 1. The monoisotopic (exact) mass is 791 g/mol. The molecule has 2 aliphatic carbocycles. The van der Waals surface area contributed by atoms with Crippen LogP contribution in [0.4, 0.5) is 17.1 Å². The maximum atomic E-state index is 2.48. The van der Waals surface area contributed by atoms with E-state index in [2.05, 4.69) is 223 Å². The highest BCUT2D eigenvalue weighted by Crippen LogP contribution is 2.55. The normalized spacial score (nSPS) is 14.5. The zero-order valence-corrected chi connectivity index (χ0v) is 36.3. The molecule has 9 aromatic rings. The molecule has 2 aliphatic rings. The van der Waals surface area contributed by atoms with Gasteiger partial charge in [-0.05, 0) is 120 Å². The van der Waals surface area contributed by atoms with Crippen molar-refractivity contribution in [1.82, 2.24) is 0 Å². The summed E-state index contributed by atoms with van der Waals surface area (Å²) < 4.78 is 2.67. The van der Waals surface area contributed by atoms with Crippen LogP contribution in [0.5, 0.6) is 0 Å². The van der Waals surface area contributed by atoms with Gasteiger partial charge < -0.3 is 4.90 Å². The third-order valence-corrected chi connectivity index (χ3v) is 14.9. The number of anilines is 3. The van der Waals surface area contributed by atoms with Crippen LogP contribution in [0.1, 0.15) is 76.3 Å². The minimum absolute atomic E-state index is 0.0435. The van der Waals surface area contributed by atoms with Crippen LogP contribution in [0.3, 0.4) is 0 Å². The van der Waals surface area contributed by atoms with Crippen molar-refractivity contribution >= 4 is 48.6 Å². The number of hydrogen-bond acceptors (Lipinski definition) is 2. The van der Waals surface area contributed by atoms with Crippen molar-refractivity contribution in [2.75, 3.05) is 4.90 Å². The summed E-state index contributed by atoms with van der Waals surface area (Å²) in [5.41, 5.74) is 20.7. The molecule has 1 heterocycles. The van der Waals surface area contributed by atoms with Gasteiger partial charge in [0.2, 0.25) is 0 Å². The summed E-state index contributed by atoms with van der Waals surface area (Å²) in [5.74, 6) is 0. The molecule has 0 bridgehead atoms. The molecule has 1 aromatic heterocycles. The lowest BCUT2D eigenvalue weighted by Gasteiger charge is -2.32. The summed E-state index contributed by atoms with van der Waals surface area (Å²) in [6.07, 6.45) is 0. The van der Waals surface area contributed by atoms with E-state index < -0.39 is 0 Å². The number of hydrogen-bond donors (Lipinski definition) is 0. The molecule has 1 nitrogen and oxygen atoms in total. The van der Waals surface area contributed by atoms with E-state index in [-0.39, 0.29) is 16.2 Å². The van der Waals surface area contributed by atoms with Crippen LogP contribution in [-0.2, 0) is 16.2 Å². The van der Waals surface area contributed by atoms with E-state index >= 15 is 0 Å².